The lowest BCUT2D eigenvalue weighted by Crippen LogP contribution is -2.55. The highest BCUT2D eigenvalue weighted by Crippen LogP contribution is 2.32. The van der Waals surface area contributed by atoms with Crippen LogP contribution >= 0.6 is 0 Å². The number of carbonyl (C=O) groups is 1. The van der Waals surface area contributed by atoms with Crippen molar-refractivity contribution in [1.82, 2.24) is 15.1 Å². The number of fused-ring (bicyclic) bond motifs is 1. The van der Waals surface area contributed by atoms with Crippen molar-refractivity contribution in [3.05, 3.63) is 0 Å². The lowest BCUT2D eigenvalue weighted by molar-refractivity contribution is 0.134. The topological polar surface area (TPSA) is 55.8 Å². The molecule has 2 fully saturated rings. The molecule has 0 radical (unpaired) electrons. The predicted octanol–water partition coefficient (Wildman–Crippen LogP) is -0.533. The van der Waals surface area contributed by atoms with E-state index in [-0.39, 0.29) is 24.2 Å². The second-order valence-electron chi connectivity index (χ2n) is 4.72. The maximum atomic E-state index is 12.1. The maximum absolute atomic E-state index is 12.1. The van der Waals surface area contributed by atoms with Crippen molar-refractivity contribution in [3.8, 4) is 0 Å². The van der Waals surface area contributed by atoms with Gasteiger partial charge in [0.25, 0.3) is 0 Å². The molecule has 2 rings (SSSR count). The van der Waals surface area contributed by atoms with E-state index in [0.717, 1.165) is 19.6 Å². The van der Waals surface area contributed by atoms with E-state index in [1.54, 1.807) is 4.90 Å². The van der Waals surface area contributed by atoms with Gasteiger partial charge in [0, 0.05) is 26.2 Å². The molecule has 0 aromatic carbocycles. The normalized spacial score (nSPS) is 29.5. The standard InChI is InChI=1S/C10H19N3O2/c1-10(2)8-7-11-3-4-12(8)9(15)13(10)5-6-14/h8,11,14H,3-7H2,1-2H3. The number of aliphatic hydroxyl groups excluding tert-OH is 1. The van der Waals surface area contributed by atoms with Gasteiger partial charge in [0.05, 0.1) is 18.2 Å². The molecule has 5 heteroatoms. The zero-order valence-electron chi connectivity index (χ0n) is 9.36. The lowest BCUT2D eigenvalue weighted by Gasteiger charge is -2.37. The zero-order chi connectivity index (χ0) is 11.1. The van der Waals surface area contributed by atoms with Gasteiger partial charge >= 0.3 is 6.03 Å². The molecule has 0 aromatic heterocycles. The predicted molar refractivity (Wildman–Crippen MR) is 56.6 cm³/mol. The molecular formula is C10H19N3O2. The summed E-state index contributed by atoms with van der Waals surface area (Å²) in [5, 5.41) is 12.3. The number of rotatable bonds is 2. The molecule has 86 valence electrons. The third-order valence-corrected chi connectivity index (χ3v) is 3.55. The molecule has 0 saturated carbocycles. The number of amides is 2. The minimum Gasteiger partial charge on any atom is -0.395 e. The SMILES string of the molecule is CC1(C)C2CNCCN2C(=O)N1CCO. The molecule has 15 heavy (non-hydrogen) atoms. The van der Waals surface area contributed by atoms with Crippen LogP contribution in [-0.4, -0.2) is 65.3 Å². The molecule has 2 saturated heterocycles. The van der Waals surface area contributed by atoms with Crippen LogP contribution in [0.2, 0.25) is 0 Å². The number of hydrogen-bond donors (Lipinski definition) is 2. The van der Waals surface area contributed by atoms with Crippen LogP contribution in [0.5, 0.6) is 0 Å². The highest BCUT2D eigenvalue weighted by Gasteiger charge is 2.51. The maximum Gasteiger partial charge on any atom is 0.321 e. The van der Waals surface area contributed by atoms with Gasteiger partial charge in [0.1, 0.15) is 0 Å². The molecule has 2 aliphatic heterocycles. The van der Waals surface area contributed by atoms with Crippen LogP contribution in [0.3, 0.4) is 0 Å². The number of aliphatic hydroxyl groups is 1. The second-order valence-corrected chi connectivity index (χ2v) is 4.72. The number of nitrogens with one attached hydrogen (secondary N) is 1. The molecule has 0 aliphatic carbocycles. The van der Waals surface area contributed by atoms with Gasteiger partial charge < -0.3 is 20.2 Å². The van der Waals surface area contributed by atoms with Crippen LogP contribution in [-0.2, 0) is 0 Å². The summed E-state index contributed by atoms with van der Waals surface area (Å²) in [5.41, 5.74) is -0.187. The van der Waals surface area contributed by atoms with E-state index < -0.39 is 0 Å². The molecule has 0 bridgehead atoms. The van der Waals surface area contributed by atoms with E-state index in [4.69, 9.17) is 5.11 Å². The van der Waals surface area contributed by atoms with E-state index >= 15 is 0 Å². The van der Waals surface area contributed by atoms with E-state index in [2.05, 4.69) is 19.2 Å². The van der Waals surface area contributed by atoms with Gasteiger partial charge in [0.2, 0.25) is 0 Å². The average molecular weight is 213 g/mol. The fourth-order valence-electron chi connectivity index (χ4n) is 2.63. The average Bonchev–Trinajstić information content (AvgIpc) is 2.41. The van der Waals surface area contributed by atoms with Crippen molar-refractivity contribution in [2.75, 3.05) is 32.8 Å². The largest absolute Gasteiger partial charge is 0.395 e. The summed E-state index contributed by atoms with van der Waals surface area (Å²) in [5.74, 6) is 0. The van der Waals surface area contributed by atoms with Crippen LogP contribution in [0, 0.1) is 0 Å². The van der Waals surface area contributed by atoms with Gasteiger partial charge in [0.15, 0.2) is 0 Å². The van der Waals surface area contributed by atoms with Crippen LogP contribution in [0.1, 0.15) is 13.8 Å². The monoisotopic (exact) mass is 213 g/mol. The Labute approximate surface area is 90.0 Å². The van der Waals surface area contributed by atoms with E-state index in [9.17, 15) is 4.79 Å². The number of hydrogen-bond acceptors (Lipinski definition) is 3. The molecule has 1 unspecified atom stereocenters. The summed E-state index contributed by atoms with van der Waals surface area (Å²) in [4.78, 5) is 15.8. The smallest absolute Gasteiger partial charge is 0.321 e. The second kappa shape index (κ2) is 3.64. The number of nitrogens with zero attached hydrogens (tertiary/aromatic N) is 2. The van der Waals surface area contributed by atoms with Gasteiger partial charge in [-0.1, -0.05) is 0 Å². The van der Waals surface area contributed by atoms with Crippen LogP contribution in [0.15, 0.2) is 0 Å². The van der Waals surface area contributed by atoms with E-state index in [1.807, 2.05) is 4.90 Å². The van der Waals surface area contributed by atoms with Crippen LogP contribution < -0.4 is 5.32 Å². The van der Waals surface area contributed by atoms with Crippen molar-refractivity contribution in [1.29, 1.82) is 0 Å². The Morgan fingerprint density at radius 1 is 1.60 bits per heavy atom. The molecule has 1 atom stereocenters. The first-order chi connectivity index (χ1) is 7.09. The van der Waals surface area contributed by atoms with E-state index in [1.165, 1.54) is 0 Å². The Morgan fingerprint density at radius 2 is 2.33 bits per heavy atom. The molecule has 2 aliphatic rings. The van der Waals surface area contributed by atoms with Crippen molar-refractivity contribution < 1.29 is 9.90 Å². The molecule has 0 spiro atoms. The van der Waals surface area contributed by atoms with Crippen molar-refractivity contribution in [3.63, 3.8) is 0 Å². The molecule has 2 N–H and O–H groups in total. The summed E-state index contributed by atoms with van der Waals surface area (Å²) in [6, 6.07) is 0.297. The summed E-state index contributed by atoms with van der Waals surface area (Å²) < 4.78 is 0. The Morgan fingerprint density at radius 3 is 2.93 bits per heavy atom. The Balaban J connectivity index is 2.23. The molecule has 2 heterocycles. The van der Waals surface area contributed by atoms with Crippen LogP contribution in [0.4, 0.5) is 4.79 Å². The molecular weight excluding hydrogens is 194 g/mol. The van der Waals surface area contributed by atoms with Gasteiger partial charge in [-0.3, -0.25) is 0 Å². The molecule has 5 nitrogen and oxygen atoms in total. The first kappa shape index (κ1) is 10.7. The highest BCUT2D eigenvalue weighted by atomic mass is 16.3. The summed E-state index contributed by atoms with van der Waals surface area (Å²) in [6.45, 7) is 7.08. The van der Waals surface area contributed by atoms with Gasteiger partial charge in [-0.05, 0) is 13.8 Å². The third kappa shape index (κ3) is 1.50. The zero-order valence-corrected chi connectivity index (χ0v) is 9.36. The van der Waals surface area contributed by atoms with Crippen LogP contribution in [0.25, 0.3) is 0 Å². The first-order valence-electron chi connectivity index (χ1n) is 5.49. The summed E-state index contributed by atoms with van der Waals surface area (Å²) in [7, 11) is 0. The Hall–Kier alpha value is -0.810. The minimum absolute atomic E-state index is 0.0309. The van der Waals surface area contributed by atoms with Gasteiger partial charge in [-0.25, -0.2) is 4.79 Å². The van der Waals surface area contributed by atoms with Crippen molar-refractivity contribution in [2.24, 2.45) is 0 Å². The van der Waals surface area contributed by atoms with Gasteiger partial charge in [-0.15, -0.1) is 0 Å². The van der Waals surface area contributed by atoms with Crippen molar-refractivity contribution >= 4 is 6.03 Å². The quantitative estimate of drug-likeness (QED) is 0.648. The van der Waals surface area contributed by atoms with Crippen molar-refractivity contribution in [2.45, 2.75) is 25.4 Å². The summed E-state index contributed by atoms with van der Waals surface area (Å²) >= 11 is 0. The summed E-state index contributed by atoms with van der Waals surface area (Å²) in [6.07, 6.45) is 0. The fraction of sp³-hybridized carbons (Fsp3) is 0.900. The fourth-order valence-corrected chi connectivity index (χ4v) is 2.63. The van der Waals surface area contributed by atoms with Gasteiger partial charge in [-0.2, -0.15) is 0 Å². The number of urea groups is 1. The first-order valence-corrected chi connectivity index (χ1v) is 5.49. The van der Waals surface area contributed by atoms with E-state index in [0.29, 0.717) is 6.54 Å². The number of carbonyl (C=O) groups excluding carboxylic acids is 1. The number of β-amino-alcohol motifs (C(OH)–C–C–N with tert-alkyl or cyclic N) is 1. The number of piperazine rings is 1. The lowest BCUT2D eigenvalue weighted by atomic mass is 9.93. The minimum atomic E-state index is -0.187. The third-order valence-electron chi connectivity index (χ3n) is 3.55. The molecule has 2 amide bonds. The Bertz CT molecular complexity index is 267. The molecule has 0 aromatic rings. The Kier molecular flexibility index (Phi) is 2.60. The highest BCUT2D eigenvalue weighted by molar-refractivity contribution is 5.79.